The lowest BCUT2D eigenvalue weighted by molar-refractivity contribution is 0.633. The van der Waals surface area contributed by atoms with Gasteiger partial charge < -0.3 is 5.32 Å². The van der Waals surface area contributed by atoms with E-state index in [1.54, 1.807) is 16.3 Å². The van der Waals surface area contributed by atoms with Crippen molar-refractivity contribution >= 4 is 17.0 Å². The van der Waals surface area contributed by atoms with Gasteiger partial charge >= 0.3 is 0 Å². The van der Waals surface area contributed by atoms with E-state index in [1.807, 2.05) is 6.92 Å². The Hall–Kier alpha value is -1.85. The predicted molar refractivity (Wildman–Crippen MR) is 83.7 cm³/mol. The maximum absolute atomic E-state index is 12.8. The molecule has 0 bridgehead atoms. The highest BCUT2D eigenvalue weighted by Gasteiger charge is 2.20. The summed E-state index contributed by atoms with van der Waals surface area (Å²) in [5.41, 5.74) is 2.13. The first-order chi connectivity index (χ1) is 10.1. The van der Waals surface area contributed by atoms with Gasteiger partial charge in [-0.25, -0.2) is 4.98 Å². The second kappa shape index (κ2) is 5.50. The van der Waals surface area contributed by atoms with Gasteiger partial charge in [-0.05, 0) is 26.2 Å². The minimum Gasteiger partial charge on any atom is -0.353 e. The molecule has 6 heteroatoms. The molecule has 3 rings (SSSR count). The van der Waals surface area contributed by atoms with Gasteiger partial charge in [-0.3, -0.25) is 14.0 Å². The molecule has 2 aromatic rings. The zero-order chi connectivity index (χ0) is 15.0. The Bertz CT molecular complexity index is 709. The molecule has 114 valence electrons. The van der Waals surface area contributed by atoms with Crippen LogP contribution in [-0.2, 0) is 13.6 Å². The molecule has 1 aliphatic carbocycles. The van der Waals surface area contributed by atoms with Crippen LogP contribution in [0.25, 0.3) is 11.0 Å². The molecule has 0 aliphatic heterocycles. The Morgan fingerprint density at radius 3 is 2.71 bits per heavy atom. The summed E-state index contributed by atoms with van der Waals surface area (Å²) in [5, 5.41) is 7.82. The van der Waals surface area contributed by atoms with E-state index in [0.29, 0.717) is 24.1 Å². The quantitative estimate of drug-likeness (QED) is 0.937. The first kappa shape index (κ1) is 14.1. The first-order valence-corrected chi connectivity index (χ1v) is 7.82. The Labute approximate surface area is 124 Å². The second-order valence-corrected chi connectivity index (χ2v) is 5.92. The monoisotopic (exact) mass is 289 g/mol. The fraction of sp³-hybridized carbons (Fsp3) is 0.667. The van der Waals surface area contributed by atoms with E-state index < -0.39 is 0 Å². The molecule has 0 atom stereocenters. The number of anilines is 1. The van der Waals surface area contributed by atoms with E-state index in [9.17, 15) is 4.79 Å². The smallest absolute Gasteiger partial charge is 0.281 e. The zero-order valence-electron chi connectivity index (χ0n) is 13.0. The summed E-state index contributed by atoms with van der Waals surface area (Å²) in [6.45, 7) is 4.66. The number of hydrogen-bond donors (Lipinski definition) is 1. The van der Waals surface area contributed by atoms with E-state index in [-0.39, 0.29) is 5.56 Å². The molecule has 0 spiro atoms. The van der Waals surface area contributed by atoms with Crippen molar-refractivity contribution in [1.29, 1.82) is 0 Å². The van der Waals surface area contributed by atoms with Crippen molar-refractivity contribution < 1.29 is 0 Å². The molecule has 0 radical (unpaired) electrons. The summed E-state index contributed by atoms with van der Waals surface area (Å²) in [6, 6.07) is 0.439. The van der Waals surface area contributed by atoms with Gasteiger partial charge in [-0.15, -0.1) is 0 Å². The molecule has 2 aromatic heterocycles. The summed E-state index contributed by atoms with van der Waals surface area (Å²) >= 11 is 0. The molecule has 0 unspecified atom stereocenters. The van der Waals surface area contributed by atoms with Crippen LogP contribution in [0.1, 0.15) is 44.7 Å². The third-order valence-corrected chi connectivity index (χ3v) is 4.25. The molecule has 0 saturated heterocycles. The van der Waals surface area contributed by atoms with Crippen molar-refractivity contribution in [3.8, 4) is 0 Å². The van der Waals surface area contributed by atoms with Crippen molar-refractivity contribution in [1.82, 2.24) is 19.3 Å². The van der Waals surface area contributed by atoms with Crippen LogP contribution in [0.3, 0.4) is 0 Å². The minimum atomic E-state index is 0.00504. The zero-order valence-corrected chi connectivity index (χ0v) is 13.0. The summed E-state index contributed by atoms with van der Waals surface area (Å²) < 4.78 is 3.41. The highest BCUT2D eigenvalue weighted by atomic mass is 16.1. The Morgan fingerprint density at radius 1 is 1.33 bits per heavy atom. The molecule has 2 heterocycles. The van der Waals surface area contributed by atoms with Crippen LogP contribution in [0.4, 0.5) is 5.95 Å². The van der Waals surface area contributed by atoms with Gasteiger partial charge in [0.25, 0.3) is 5.56 Å². The minimum absolute atomic E-state index is 0.00504. The van der Waals surface area contributed by atoms with Gasteiger partial charge in [0.15, 0.2) is 5.52 Å². The van der Waals surface area contributed by atoms with Crippen molar-refractivity contribution in [2.45, 2.75) is 58.5 Å². The Balaban J connectivity index is 2.14. The fourth-order valence-electron chi connectivity index (χ4n) is 3.20. The predicted octanol–water partition coefficient (Wildman–Crippen LogP) is 2.20. The first-order valence-electron chi connectivity index (χ1n) is 7.82. The Morgan fingerprint density at radius 2 is 2.05 bits per heavy atom. The standard InChI is InChI=1S/C15H23N5O/c1-4-9-20-14(21)13-12(10(2)18-19(13)3)17-15(20)16-11-7-5-6-8-11/h11H,4-9H2,1-3H3,(H,16,17). The van der Waals surface area contributed by atoms with Gasteiger partial charge in [0.1, 0.15) is 5.52 Å². The maximum atomic E-state index is 12.8. The van der Waals surface area contributed by atoms with Crippen LogP contribution in [-0.4, -0.2) is 25.4 Å². The third-order valence-electron chi connectivity index (χ3n) is 4.25. The van der Waals surface area contributed by atoms with Crippen molar-refractivity contribution in [3.63, 3.8) is 0 Å². The molecule has 6 nitrogen and oxygen atoms in total. The normalized spacial score (nSPS) is 16.0. The largest absolute Gasteiger partial charge is 0.353 e. The summed E-state index contributed by atoms with van der Waals surface area (Å²) in [5.74, 6) is 0.706. The number of nitrogens with one attached hydrogen (secondary N) is 1. The van der Waals surface area contributed by atoms with E-state index in [1.165, 1.54) is 12.8 Å². The number of aryl methyl sites for hydroxylation is 2. The van der Waals surface area contributed by atoms with Gasteiger partial charge in [0.05, 0.1) is 5.69 Å². The number of nitrogens with zero attached hydrogens (tertiary/aromatic N) is 4. The maximum Gasteiger partial charge on any atom is 0.281 e. The Kier molecular flexibility index (Phi) is 3.69. The molecule has 0 aromatic carbocycles. The summed E-state index contributed by atoms with van der Waals surface area (Å²) in [6.07, 6.45) is 5.73. The molecule has 1 saturated carbocycles. The molecule has 1 aliphatic rings. The number of fused-ring (bicyclic) bond motifs is 1. The number of hydrogen-bond acceptors (Lipinski definition) is 4. The van der Waals surface area contributed by atoms with Crippen LogP contribution in [0.2, 0.25) is 0 Å². The van der Waals surface area contributed by atoms with E-state index in [2.05, 4.69) is 17.3 Å². The fourth-order valence-corrected chi connectivity index (χ4v) is 3.20. The van der Waals surface area contributed by atoms with Crippen LogP contribution >= 0.6 is 0 Å². The van der Waals surface area contributed by atoms with Crippen LogP contribution in [0.15, 0.2) is 4.79 Å². The number of rotatable bonds is 4. The van der Waals surface area contributed by atoms with E-state index in [0.717, 1.165) is 30.5 Å². The van der Waals surface area contributed by atoms with Gasteiger partial charge in [-0.2, -0.15) is 5.10 Å². The van der Waals surface area contributed by atoms with Gasteiger partial charge in [0.2, 0.25) is 5.95 Å². The van der Waals surface area contributed by atoms with Crippen molar-refractivity contribution in [3.05, 3.63) is 16.0 Å². The molecular weight excluding hydrogens is 266 g/mol. The van der Waals surface area contributed by atoms with E-state index in [4.69, 9.17) is 4.98 Å². The average Bonchev–Trinajstić information content (AvgIpc) is 3.03. The van der Waals surface area contributed by atoms with Crippen LogP contribution in [0, 0.1) is 6.92 Å². The van der Waals surface area contributed by atoms with Crippen molar-refractivity contribution in [2.75, 3.05) is 5.32 Å². The molecule has 0 amide bonds. The highest BCUT2D eigenvalue weighted by molar-refractivity contribution is 5.77. The number of aromatic nitrogens is 4. The molecular formula is C15H23N5O. The van der Waals surface area contributed by atoms with Crippen LogP contribution in [0.5, 0.6) is 0 Å². The second-order valence-electron chi connectivity index (χ2n) is 5.92. The lowest BCUT2D eigenvalue weighted by Gasteiger charge is -2.17. The third kappa shape index (κ3) is 2.43. The average molecular weight is 289 g/mol. The topological polar surface area (TPSA) is 64.7 Å². The SMILES string of the molecule is CCCn1c(NC2CCCC2)nc2c(C)nn(C)c2c1=O. The molecule has 21 heavy (non-hydrogen) atoms. The summed E-state index contributed by atoms with van der Waals surface area (Å²) in [4.78, 5) is 17.5. The van der Waals surface area contributed by atoms with Gasteiger partial charge in [-0.1, -0.05) is 19.8 Å². The van der Waals surface area contributed by atoms with E-state index >= 15 is 0 Å². The van der Waals surface area contributed by atoms with Crippen molar-refractivity contribution in [2.24, 2.45) is 7.05 Å². The van der Waals surface area contributed by atoms with Gasteiger partial charge in [0, 0.05) is 19.6 Å². The van der Waals surface area contributed by atoms with Crippen LogP contribution < -0.4 is 10.9 Å². The molecule has 1 fully saturated rings. The summed E-state index contributed by atoms with van der Waals surface area (Å²) in [7, 11) is 1.80. The lowest BCUT2D eigenvalue weighted by atomic mass is 10.2. The lowest BCUT2D eigenvalue weighted by Crippen LogP contribution is -2.29. The highest BCUT2D eigenvalue weighted by Crippen LogP contribution is 2.22. The molecule has 1 N–H and O–H groups in total.